The van der Waals surface area contributed by atoms with E-state index in [0.29, 0.717) is 5.52 Å². The van der Waals surface area contributed by atoms with E-state index < -0.39 is 0 Å². The minimum Gasteiger partial charge on any atom is -0.303 e. The lowest BCUT2D eigenvalue weighted by molar-refractivity contribution is 0.768. The monoisotopic (exact) mass is 185 g/mol. The van der Waals surface area contributed by atoms with Gasteiger partial charge in [-0.2, -0.15) is 0 Å². The third-order valence-electron chi connectivity index (χ3n) is 1.38. The first-order chi connectivity index (χ1) is 5.29. The van der Waals surface area contributed by atoms with Gasteiger partial charge in [-0.25, -0.2) is 0 Å². The molecule has 0 amide bonds. The van der Waals surface area contributed by atoms with Crippen molar-refractivity contribution in [1.29, 1.82) is 0 Å². The Morgan fingerprint density at radius 3 is 2.36 bits per heavy atom. The van der Waals surface area contributed by atoms with E-state index in [2.05, 4.69) is 48.1 Å². The molecule has 0 aromatic heterocycles. The van der Waals surface area contributed by atoms with E-state index >= 15 is 0 Å². The van der Waals surface area contributed by atoms with Crippen molar-refractivity contribution in [1.82, 2.24) is 5.32 Å². The van der Waals surface area contributed by atoms with Gasteiger partial charge in [-0.1, -0.05) is 30.3 Å². The molecular formula is C8H13NP2. The lowest BCUT2D eigenvalue weighted by Crippen LogP contribution is -2.16. The van der Waals surface area contributed by atoms with E-state index in [1.807, 2.05) is 6.07 Å². The van der Waals surface area contributed by atoms with E-state index in [-0.39, 0.29) is 0 Å². The fourth-order valence-corrected chi connectivity index (χ4v) is 1.07. The smallest absolute Gasteiger partial charge is 0.0354 e. The van der Waals surface area contributed by atoms with Crippen LogP contribution in [-0.2, 0) is 6.54 Å². The molecule has 0 saturated heterocycles. The SMILES string of the molecule is PC(P)NCc1ccccc1. The van der Waals surface area contributed by atoms with Crippen LogP contribution >= 0.6 is 18.5 Å². The van der Waals surface area contributed by atoms with Gasteiger partial charge < -0.3 is 5.32 Å². The second-order valence-electron chi connectivity index (χ2n) is 2.39. The van der Waals surface area contributed by atoms with Gasteiger partial charge in [0.05, 0.1) is 0 Å². The Labute approximate surface area is 72.4 Å². The standard InChI is InChI=1S/C8H13NP2/c10-8(11)9-6-7-4-2-1-3-5-7/h1-5,8-9H,6,10-11H2. The fraction of sp³-hybridized carbons (Fsp3) is 0.250. The van der Waals surface area contributed by atoms with Crippen molar-refractivity contribution in [3.05, 3.63) is 35.9 Å². The number of nitrogens with one attached hydrogen (secondary N) is 1. The lowest BCUT2D eigenvalue weighted by Gasteiger charge is -2.06. The predicted octanol–water partition coefficient (Wildman–Crippen LogP) is 1.81. The third-order valence-corrected chi connectivity index (χ3v) is 1.86. The van der Waals surface area contributed by atoms with Crippen molar-refractivity contribution < 1.29 is 0 Å². The average molecular weight is 185 g/mol. The highest BCUT2D eigenvalue weighted by molar-refractivity contribution is 7.37. The highest BCUT2D eigenvalue weighted by atomic mass is 31.1. The van der Waals surface area contributed by atoms with E-state index in [9.17, 15) is 0 Å². The number of hydrogen-bond donors (Lipinski definition) is 1. The van der Waals surface area contributed by atoms with Gasteiger partial charge in [0.15, 0.2) is 0 Å². The number of benzene rings is 1. The molecule has 0 aliphatic carbocycles. The maximum Gasteiger partial charge on any atom is 0.0354 e. The first kappa shape index (κ1) is 9.13. The van der Waals surface area contributed by atoms with Crippen LogP contribution < -0.4 is 5.32 Å². The van der Waals surface area contributed by atoms with Gasteiger partial charge in [0.25, 0.3) is 0 Å². The first-order valence-corrected chi connectivity index (χ1v) is 4.91. The maximum atomic E-state index is 3.29. The topological polar surface area (TPSA) is 12.0 Å². The summed E-state index contributed by atoms with van der Waals surface area (Å²) >= 11 is 0. The van der Waals surface area contributed by atoms with Crippen LogP contribution in [0.2, 0.25) is 0 Å². The molecule has 1 aromatic rings. The summed E-state index contributed by atoms with van der Waals surface area (Å²) in [6.07, 6.45) is 0. The van der Waals surface area contributed by atoms with Gasteiger partial charge in [0, 0.05) is 12.1 Å². The van der Waals surface area contributed by atoms with Crippen LogP contribution in [0.4, 0.5) is 0 Å². The van der Waals surface area contributed by atoms with Crippen LogP contribution in [0.3, 0.4) is 0 Å². The molecule has 11 heavy (non-hydrogen) atoms. The molecule has 0 aliphatic rings. The minimum atomic E-state index is 0.398. The van der Waals surface area contributed by atoms with Gasteiger partial charge in [-0.3, -0.25) is 0 Å². The summed E-state index contributed by atoms with van der Waals surface area (Å²) in [7, 11) is 5.36. The molecule has 0 aliphatic heterocycles. The quantitative estimate of drug-likeness (QED) is 0.708. The molecule has 0 radical (unpaired) electrons. The highest BCUT2D eigenvalue weighted by Crippen LogP contribution is 2.05. The third kappa shape index (κ3) is 3.82. The Balaban J connectivity index is 2.39. The van der Waals surface area contributed by atoms with Crippen molar-refractivity contribution in [2.45, 2.75) is 12.1 Å². The number of hydrogen-bond acceptors (Lipinski definition) is 1. The summed E-state index contributed by atoms with van der Waals surface area (Å²) in [6.45, 7) is 0.929. The summed E-state index contributed by atoms with van der Waals surface area (Å²) < 4.78 is 0. The molecule has 0 bridgehead atoms. The highest BCUT2D eigenvalue weighted by Gasteiger charge is 1.92. The second kappa shape index (κ2) is 4.83. The average Bonchev–Trinajstić information content (AvgIpc) is 2.03. The van der Waals surface area contributed by atoms with Gasteiger partial charge in [-0.15, -0.1) is 18.5 Å². The molecule has 0 spiro atoms. The molecule has 2 unspecified atom stereocenters. The van der Waals surface area contributed by atoms with Crippen LogP contribution in [0.1, 0.15) is 5.56 Å². The molecule has 1 nitrogen and oxygen atoms in total. The predicted molar refractivity (Wildman–Crippen MR) is 56.5 cm³/mol. The molecule has 60 valence electrons. The summed E-state index contributed by atoms with van der Waals surface area (Å²) in [5.74, 6) is 0. The van der Waals surface area contributed by atoms with Crippen LogP contribution in [0.25, 0.3) is 0 Å². The van der Waals surface area contributed by atoms with Crippen molar-refractivity contribution in [3.8, 4) is 0 Å². The molecule has 0 saturated carbocycles. The summed E-state index contributed by atoms with van der Waals surface area (Å²) in [5, 5.41) is 3.29. The zero-order valence-electron chi connectivity index (χ0n) is 6.33. The Morgan fingerprint density at radius 2 is 1.82 bits per heavy atom. The Hall–Kier alpha value is 0.0400. The Kier molecular flexibility index (Phi) is 4.01. The molecule has 1 N–H and O–H groups in total. The molecule has 2 atom stereocenters. The van der Waals surface area contributed by atoms with Crippen LogP contribution in [0, 0.1) is 0 Å². The minimum absolute atomic E-state index is 0.398. The first-order valence-electron chi connectivity index (χ1n) is 3.57. The van der Waals surface area contributed by atoms with Crippen LogP contribution in [0.15, 0.2) is 30.3 Å². The normalized spacial score (nSPS) is 10.5. The Morgan fingerprint density at radius 1 is 1.18 bits per heavy atom. The van der Waals surface area contributed by atoms with E-state index in [4.69, 9.17) is 0 Å². The fourth-order valence-electron chi connectivity index (χ4n) is 0.832. The molecular weight excluding hydrogens is 172 g/mol. The second-order valence-corrected chi connectivity index (χ2v) is 4.60. The summed E-state index contributed by atoms with van der Waals surface area (Å²) in [5.41, 5.74) is 1.72. The van der Waals surface area contributed by atoms with Gasteiger partial charge in [0.2, 0.25) is 0 Å². The molecule has 3 heteroatoms. The van der Waals surface area contributed by atoms with Crippen molar-refractivity contribution >= 4 is 18.5 Å². The lowest BCUT2D eigenvalue weighted by atomic mass is 10.2. The number of rotatable bonds is 3. The van der Waals surface area contributed by atoms with Crippen LogP contribution in [0.5, 0.6) is 0 Å². The van der Waals surface area contributed by atoms with Crippen molar-refractivity contribution in [2.75, 3.05) is 0 Å². The summed E-state index contributed by atoms with van der Waals surface area (Å²) in [4.78, 5) is 0. The van der Waals surface area contributed by atoms with Crippen LogP contribution in [-0.4, -0.2) is 5.52 Å². The zero-order valence-corrected chi connectivity index (χ0v) is 8.64. The van der Waals surface area contributed by atoms with E-state index in [1.54, 1.807) is 0 Å². The largest absolute Gasteiger partial charge is 0.303 e. The van der Waals surface area contributed by atoms with Crippen molar-refractivity contribution in [3.63, 3.8) is 0 Å². The summed E-state index contributed by atoms with van der Waals surface area (Å²) in [6, 6.07) is 10.4. The zero-order chi connectivity index (χ0) is 8.10. The molecule has 1 rings (SSSR count). The van der Waals surface area contributed by atoms with Gasteiger partial charge in [0.1, 0.15) is 0 Å². The molecule has 0 heterocycles. The molecule has 1 aromatic carbocycles. The maximum absolute atomic E-state index is 3.29. The molecule has 0 fully saturated rings. The van der Waals surface area contributed by atoms with Gasteiger partial charge >= 0.3 is 0 Å². The van der Waals surface area contributed by atoms with Crippen molar-refractivity contribution in [2.24, 2.45) is 0 Å². The van der Waals surface area contributed by atoms with E-state index in [1.165, 1.54) is 5.56 Å². The van der Waals surface area contributed by atoms with Gasteiger partial charge in [-0.05, 0) is 5.56 Å². The van der Waals surface area contributed by atoms with E-state index in [0.717, 1.165) is 6.54 Å². The Bertz CT molecular complexity index is 199.